The maximum Gasteiger partial charge on any atom is 0.178 e. The Hall–Kier alpha value is -3.70. The van der Waals surface area contributed by atoms with Crippen molar-refractivity contribution >= 4 is 88.8 Å². The van der Waals surface area contributed by atoms with Crippen molar-refractivity contribution in [2.24, 2.45) is 0 Å². The third-order valence-corrected chi connectivity index (χ3v) is 17.0. The molecule has 2 aliphatic heterocycles. The largest absolute Gasteiger partial charge is 0.497 e. The van der Waals surface area contributed by atoms with Crippen LogP contribution in [0.2, 0.25) is 0 Å². The van der Waals surface area contributed by atoms with Crippen LogP contribution in [0.1, 0.15) is 47.2 Å². The van der Waals surface area contributed by atoms with Crippen LogP contribution in [0, 0.1) is 10.5 Å². The zero-order valence-corrected chi connectivity index (χ0v) is 39.2. The fourth-order valence-corrected chi connectivity index (χ4v) is 11.6. The van der Waals surface area contributed by atoms with Gasteiger partial charge in [-0.2, -0.15) is 0 Å². The summed E-state index contributed by atoms with van der Waals surface area (Å²) in [4.78, 5) is 2.38. The summed E-state index contributed by atoms with van der Waals surface area (Å²) in [5.41, 5.74) is 11.6. The Balaban J connectivity index is 1.28. The van der Waals surface area contributed by atoms with E-state index >= 15 is 0 Å². The molecule has 0 aromatic heterocycles. The summed E-state index contributed by atoms with van der Waals surface area (Å²) in [5, 5.41) is 5.67. The number of methoxy groups -OCH3 is 3. The number of fused-ring (bicyclic) bond motifs is 8. The molecule has 6 aromatic carbocycles. The lowest BCUT2D eigenvalue weighted by atomic mass is 9.76. The van der Waals surface area contributed by atoms with Crippen LogP contribution in [0.3, 0.4) is 0 Å². The van der Waals surface area contributed by atoms with Crippen molar-refractivity contribution in [1.82, 2.24) is 0 Å². The number of hydrogen-bond acceptors (Lipinski definition) is 6. The average Bonchev–Trinajstić information content (AvgIpc) is 3.50. The van der Waals surface area contributed by atoms with E-state index in [0.717, 1.165) is 65.3 Å². The first kappa shape index (κ1) is 39.7. The molecule has 0 N–H and O–H groups in total. The topological polar surface area (TPSA) is 49.4 Å². The molecule has 1 saturated heterocycles. The number of halogens is 1. The van der Waals surface area contributed by atoms with Crippen LogP contribution in [-0.4, -0.2) is 47.6 Å². The second-order valence-corrected chi connectivity index (χ2v) is 18.5. The molecule has 296 valence electrons. The number of hydrogen-bond donors (Lipinski definition) is 0. The number of morpholine rings is 1. The maximum atomic E-state index is 7.65. The minimum atomic E-state index is -0.941. The molecule has 6 nitrogen and oxygen atoms in total. The van der Waals surface area contributed by atoms with E-state index in [1.807, 2.05) is 12.1 Å². The van der Waals surface area contributed by atoms with Crippen molar-refractivity contribution < 1.29 is 23.7 Å². The maximum absolute atomic E-state index is 7.65. The van der Waals surface area contributed by atoms with Crippen LogP contribution < -0.4 is 39.8 Å². The Bertz CT molecular complexity index is 2640. The molecule has 4 unspecified atom stereocenters. The van der Waals surface area contributed by atoms with Crippen LogP contribution in [0.4, 0.5) is 5.69 Å². The number of ether oxygens (including phenoxy) is 5. The Morgan fingerprint density at radius 1 is 0.724 bits per heavy atom. The SMILES string of the molecule is COc1ccc(C2(c3ccc(N4CCOCC4)cc3)C=Cc3c4c(c5cc(OC)c(OC)cc5c3O2)-c2ccc(-c3c(C)c(P)c(I)c(P)c3P)cc2C4(C)C)cc1. The number of benzene rings is 6. The van der Waals surface area contributed by atoms with Gasteiger partial charge in [-0.05, 0) is 138 Å². The van der Waals surface area contributed by atoms with E-state index in [9.17, 15) is 0 Å². The van der Waals surface area contributed by atoms with Crippen molar-refractivity contribution in [3.8, 4) is 45.3 Å². The smallest absolute Gasteiger partial charge is 0.178 e. The van der Waals surface area contributed by atoms with Gasteiger partial charge in [0, 0.05) is 49.8 Å². The van der Waals surface area contributed by atoms with Gasteiger partial charge >= 0.3 is 0 Å². The summed E-state index contributed by atoms with van der Waals surface area (Å²) in [6.07, 6.45) is 4.54. The van der Waals surface area contributed by atoms with Gasteiger partial charge < -0.3 is 28.6 Å². The fourth-order valence-electron chi connectivity index (χ4n) is 9.29. The normalized spacial score (nSPS) is 17.7. The summed E-state index contributed by atoms with van der Waals surface area (Å²) >= 11 is 2.45. The van der Waals surface area contributed by atoms with Gasteiger partial charge in [-0.25, -0.2) is 0 Å². The monoisotopic (exact) mass is 937 g/mol. The molecular formula is C48H47INO5P3. The van der Waals surface area contributed by atoms with Crippen molar-refractivity contribution in [2.45, 2.75) is 31.8 Å². The number of rotatable bonds is 7. The summed E-state index contributed by atoms with van der Waals surface area (Å²) in [7, 11) is 14.0. The van der Waals surface area contributed by atoms with Crippen LogP contribution in [-0.2, 0) is 15.8 Å². The molecule has 3 aliphatic rings. The molecule has 58 heavy (non-hydrogen) atoms. The van der Waals surface area contributed by atoms with Gasteiger partial charge in [0.2, 0.25) is 0 Å². The highest BCUT2D eigenvalue weighted by Gasteiger charge is 2.45. The van der Waals surface area contributed by atoms with Crippen molar-refractivity contribution in [1.29, 1.82) is 0 Å². The molecule has 1 fully saturated rings. The van der Waals surface area contributed by atoms with Gasteiger partial charge in [0.1, 0.15) is 11.5 Å². The minimum absolute atomic E-state index is 0.370. The summed E-state index contributed by atoms with van der Waals surface area (Å²) in [6, 6.07) is 28.3. The Labute approximate surface area is 361 Å². The molecule has 1 aliphatic carbocycles. The lowest BCUT2D eigenvalue weighted by molar-refractivity contribution is 0.122. The third kappa shape index (κ3) is 6.09. The Kier molecular flexibility index (Phi) is 10.3. The molecule has 2 heterocycles. The van der Waals surface area contributed by atoms with Gasteiger partial charge in [-0.3, -0.25) is 0 Å². The molecule has 0 radical (unpaired) electrons. The van der Waals surface area contributed by atoms with Gasteiger partial charge in [0.05, 0.1) is 34.5 Å². The fraction of sp³-hybridized carbons (Fsp3) is 0.250. The van der Waals surface area contributed by atoms with Gasteiger partial charge in [-0.1, -0.05) is 56.3 Å². The van der Waals surface area contributed by atoms with Crippen LogP contribution >= 0.6 is 50.3 Å². The van der Waals surface area contributed by atoms with Crippen LogP contribution in [0.25, 0.3) is 39.1 Å². The van der Waals surface area contributed by atoms with Crippen molar-refractivity contribution in [3.63, 3.8) is 0 Å². The zero-order chi connectivity index (χ0) is 40.7. The van der Waals surface area contributed by atoms with Crippen LogP contribution in [0.15, 0.2) is 84.9 Å². The molecule has 0 amide bonds. The van der Waals surface area contributed by atoms with Gasteiger partial charge in [0.25, 0.3) is 0 Å². The second-order valence-electron chi connectivity index (χ2n) is 15.7. The lowest BCUT2D eigenvalue weighted by Crippen LogP contribution is -2.37. The van der Waals surface area contributed by atoms with Crippen molar-refractivity contribution in [3.05, 3.63) is 122 Å². The van der Waals surface area contributed by atoms with E-state index in [0.29, 0.717) is 11.5 Å². The summed E-state index contributed by atoms with van der Waals surface area (Å²) in [5.74, 6) is 2.93. The van der Waals surface area contributed by atoms with E-state index < -0.39 is 5.60 Å². The number of anilines is 1. The van der Waals surface area contributed by atoms with Gasteiger partial charge in [-0.15, -0.1) is 27.7 Å². The molecule has 0 spiro atoms. The number of nitrogens with zero attached hydrogens (tertiary/aromatic N) is 1. The first-order valence-electron chi connectivity index (χ1n) is 19.4. The zero-order valence-electron chi connectivity index (χ0n) is 33.6. The summed E-state index contributed by atoms with van der Waals surface area (Å²) in [6.45, 7) is 10.1. The molecule has 4 atom stereocenters. The first-order valence-corrected chi connectivity index (χ1v) is 22.2. The quantitative estimate of drug-likeness (QED) is 0.118. The highest BCUT2D eigenvalue weighted by molar-refractivity contribution is 14.1. The van der Waals surface area contributed by atoms with Crippen LogP contribution in [0.5, 0.6) is 23.0 Å². The lowest BCUT2D eigenvalue weighted by Gasteiger charge is -2.39. The minimum Gasteiger partial charge on any atom is -0.497 e. The molecule has 0 bridgehead atoms. The molecule has 9 rings (SSSR count). The molecule has 6 aromatic rings. The second kappa shape index (κ2) is 15.1. The van der Waals surface area contributed by atoms with E-state index in [4.69, 9.17) is 23.7 Å². The van der Waals surface area contributed by atoms with E-state index in [1.165, 1.54) is 64.1 Å². The Morgan fingerprint density at radius 3 is 2.00 bits per heavy atom. The van der Waals surface area contributed by atoms with E-state index in [1.54, 1.807) is 21.3 Å². The van der Waals surface area contributed by atoms with Gasteiger partial charge in [0.15, 0.2) is 17.1 Å². The predicted molar refractivity (Wildman–Crippen MR) is 258 cm³/mol. The summed E-state index contributed by atoms with van der Waals surface area (Å²) < 4.78 is 32.1. The van der Waals surface area contributed by atoms with E-state index in [-0.39, 0.29) is 5.41 Å². The predicted octanol–water partition coefficient (Wildman–Crippen LogP) is 9.44. The molecule has 0 saturated carbocycles. The average molecular weight is 938 g/mol. The Morgan fingerprint density at radius 2 is 1.36 bits per heavy atom. The van der Waals surface area contributed by atoms with E-state index in [2.05, 4.69) is 155 Å². The standard InChI is InChI=1S/C48H47INO5P3/c1-26-39(45(57)46(58)42(49)44(26)56)27-7-16-32-36(23-27)47(2,3)41-33-17-18-48(29-10-14-31(51-4)15-11-29,28-8-12-30(13-9-28)50-19-21-54-22-20-50)55-43(33)35-25-38(53-6)37(52-5)24-34(35)40(32)41/h7-18,23-25H,19-22,56-58H2,1-6H3. The molecular weight excluding hydrogens is 890 g/mol. The van der Waals surface area contributed by atoms with Crippen molar-refractivity contribution in [2.75, 3.05) is 52.5 Å². The first-order chi connectivity index (χ1) is 27.9. The highest BCUT2D eigenvalue weighted by Crippen LogP contribution is 2.59. The highest BCUT2D eigenvalue weighted by atomic mass is 127. The third-order valence-electron chi connectivity index (χ3n) is 12.4. The molecule has 10 heteroatoms.